The van der Waals surface area contributed by atoms with E-state index in [2.05, 4.69) is 18.8 Å². The minimum absolute atomic E-state index is 0.114. The molecule has 1 aromatic heterocycles. The first-order chi connectivity index (χ1) is 18.4. The molecule has 194 valence electrons. The highest BCUT2D eigenvalue weighted by atomic mass is 16.5. The number of likely N-dealkylation sites (tertiary alicyclic amines) is 1. The summed E-state index contributed by atoms with van der Waals surface area (Å²) in [5.74, 6) is -0.350. The maximum atomic E-state index is 13.4. The van der Waals surface area contributed by atoms with E-state index in [1.54, 1.807) is 30.6 Å². The van der Waals surface area contributed by atoms with Crippen molar-refractivity contribution in [1.29, 1.82) is 0 Å². The topological polar surface area (TPSA) is 84.7 Å². The molecular weight excluding hydrogens is 478 g/mol. The molecular formula is C31H31N3O4. The van der Waals surface area contributed by atoms with Crippen LogP contribution in [-0.4, -0.2) is 44.9 Å². The van der Waals surface area contributed by atoms with E-state index in [-0.39, 0.29) is 11.3 Å². The van der Waals surface area contributed by atoms with Crippen molar-refractivity contribution in [2.24, 2.45) is 0 Å². The number of carbonyl (C=O) groups excluding carboxylic acids is 2. The minimum Gasteiger partial charge on any atom is -0.507 e. The van der Waals surface area contributed by atoms with Gasteiger partial charge in [-0.05, 0) is 52.4 Å². The molecule has 1 aliphatic rings. The molecule has 0 radical (unpaired) electrons. The van der Waals surface area contributed by atoms with E-state index < -0.39 is 17.7 Å². The molecule has 38 heavy (non-hydrogen) atoms. The first-order valence-corrected chi connectivity index (χ1v) is 12.8. The van der Waals surface area contributed by atoms with Crippen molar-refractivity contribution >= 4 is 28.2 Å². The summed E-state index contributed by atoms with van der Waals surface area (Å²) >= 11 is 0. The van der Waals surface area contributed by atoms with Crippen molar-refractivity contribution in [3.8, 4) is 5.75 Å². The number of carbonyl (C=O) groups is 2. The van der Waals surface area contributed by atoms with Gasteiger partial charge >= 0.3 is 0 Å². The summed E-state index contributed by atoms with van der Waals surface area (Å²) in [7, 11) is 1.61. The molecule has 3 aromatic carbocycles. The van der Waals surface area contributed by atoms with Crippen molar-refractivity contribution in [2.45, 2.75) is 38.8 Å². The fourth-order valence-electron chi connectivity index (χ4n) is 5.02. The lowest BCUT2D eigenvalue weighted by molar-refractivity contribution is -0.139. The zero-order valence-electron chi connectivity index (χ0n) is 21.8. The highest BCUT2D eigenvalue weighted by Crippen LogP contribution is 2.40. The molecule has 7 heteroatoms. The van der Waals surface area contributed by atoms with E-state index in [1.807, 2.05) is 65.4 Å². The van der Waals surface area contributed by atoms with E-state index in [1.165, 1.54) is 0 Å². The maximum Gasteiger partial charge on any atom is 0.295 e. The summed E-state index contributed by atoms with van der Waals surface area (Å²) in [4.78, 5) is 32.3. The normalized spacial score (nSPS) is 17.1. The smallest absolute Gasteiger partial charge is 0.295 e. The number of aryl methyl sites for hydroxylation is 1. The Kier molecular flexibility index (Phi) is 7.01. The Morgan fingerprint density at radius 1 is 1.00 bits per heavy atom. The van der Waals surface area contributed by atoms with Gasteiger partial charge in [-0.2, -0.15) is 0 Å². The standard InChI is InChI=1S/C31H31N3O4/c1-20(2)21-5-7-22(8-6-21)28-27(30(36)31(37)34(28)15-4-14-33-16-13-32-19-33)29(35)25-10-9-24-18-26(38-3)12-11-23(24)17-25/h5-13,16-20,28,35H,4,14-15H2,1-3H3/b29-27+. The Labute approximate surface area is 222 Å². The summed E-state index contributed by atoms with van der Waals surface area (Å²) in [6.07, 6.45) is 5.95. The lowest BCUT2D eigenvalue weighted by atomic mass is 9.92. The van der Waals surface area contributed by atoms with Gasteiger partial charge in [0.25, 0.3) is 11.7 Å². The van der Waals surface area contributed by atoms with Crippen LogP contribution in [0, 0.1) is 0 Å². The van der Waals surface area contributed by atoms with Gasteiger partial charge in [-0.1, -0.05) is 56.3 Å². The predicted molar refractivity (Wildman–Crippen MR) is 147 cm³/mol. The van der Waals surface area contributed by atoms with E-state index >= 15 is 0 Å². The van der Waals surface area contributed by atoms with Gasteiger partial charge in [0, 0.05) is 31.0 Å². The molecule has 2 heterocycles. The van der Waals surface area contributed by atoms with Crippen LogP contribution in [0.5, 0.6) is 5.75 Å². The minimum atomic E-state index is -0.675. The molecule has 1 unspecified atom stereocenters. The Morgan fingerprint density at radius 3 is 2.42 bits per heavy atom. The Morgan fingerprint density at radius 2 is 1.74 bits per heavy atom. The summed E-state index contributed by atoms with van der Waals surface area (Å²) in [5.41, 5.74) is 2.56. The van der Waals surface area contributed by atoms with E-state index in [0.29, 0.717) is 31.0 Å². The molecule has 0 spiro atoms. The van der Waals surface area contributed by atoms with Crippen LogP contribution in [0.15, 0.2) is 85.0 Å². The zero-order chi connectivity index (χ0) is 26.8. The van der Waals surface area contributed by atoms with Gasteiger partial charge in [-0.25, -0.2) is 4.98 Å². The molecule has 1 N–H and O–H groups in total. The maximum absolute atomic E-state index is 13.4. The van der Waals surface area contributed by atoms with E-state index in [0.717, 1.165) is 27.6 Å². The van der Waals surface area contributed by atoms with Crippen LogP contribution in [0.2, 0.25) is 0 Å². The zero-order valence-corrected chi connectivity index (χ0v) is 21.8. The van der Waals surface area contributed by atoms with Crippen molar-refractivity contribution < 1.29 is 19.4 Å². The molecule has 1 atom stereocenters. The number of fused-ring (bicyclic) bond motifs is 1. The van der Waals surface area contributed by atoms with Crippen LogP contribution in [-0.2, 0) is 16.1 Å². The molecule has 0 bridgehead atoms. The van der Waals surface area contributed by atoms with E-state index in [9.17, 15) is 14.7 Å². The number of imidazole rings is 1. The number of hydrogen-bond donors (Lipinski definition) is 1. The SMILES string of the molecule is COc1ccc2cc(/C(O)=C3\C(=O)C(=O)N(CCCn4ccnc4)C3c3ccc(C(C)C)cc3)ccc2c1. The lowest BCUT2D eigenvalue weighted by Crippen LogP contribution is -2.31. The van der Waals surface area contributed by atoms with Crippen LogP contribution < -0.4 is 4.74 Å². The number of methoxy groups -OCH3 is 1. The number of aliphatic hydroxyl groups excluding tert-OH is 1. The summed E-state index contributed by atoms with van der Waals surface area (Å²) < 4.78 is 7.25. The van der Waals surface area contributed by atoms with Crippen LogP contribution >= 0.6 is 0 Å². The number of ether oxygens (including phenoxy) is 1. The second kappa shape index (κ2) is 10.5. The van der Waals surface area contributed by atoms with Crippen molar-refractivity contribution in [3.05, 3.63) is 102 Å². The Balaban J connectivity index is 1.55. The quantitative estimate of drug-likeness (QED) is 0.188. The first-order valence-electron chi connectivity index (χ1n) is 12.8. The number of rotatable bonds is 8. The fraction of sp³-hybridized carbons (Fsp3) is 0.258. The van der Waals surface area contributed by atoms with Gasteiger partial charge in [-0.3, -0.25) is 9.59 Å². The van der Waals surface area contributed by atoms with Gasteiger partial charge in [-0.15, -0.1) is 0 Å². The monoisotopic (exact) mass is 509 g/mol. The second-order valence-corrected chi connectivity index (χ2v) is 9.90. The third kappa shape index (κ3) is 4.79. The summed E-state index contributed by atoms with van der Waals surface area (Å²) in [6.45, 7) is 5.27. The molecule has 1 fully saturated rings. The largest absolute Gasteiger partial charge is 0.507 e. The van der Waals surface area contributed by atoms with Gasteiger partial charge < -0.3 is 19.3 Å². The molecule has 1 aliphatic heterocycles. The van der Waals surface area contributed by atoms with Gasteiger partial charge in [0.2, 0.25) is 0 Å². The molecule has 5 rings (SSSR count). The van der Waals surface area contributed by atoms with Crippen LogP contribution in [0.1, 0.15) is 48.9 Å². The molecule has 4 aromatic rings. The average Bonchev–Trinajstić information content (AvgIpc) is 3.54. The van der Waals surface area contributed by atoms with Gasteiger partial charge in [0.1, 0.15) is 11.5 Å². The van der Waals surface area contributed by atoms with Crippen molar-refractivity contribution in [2.75, 3.05) is 13.7 Å². The molecule has 0 aliphatic carbocycles. The van der Waals surface area contributed by atoms with Crippen LogP contribution in [0.3, 0.4) is 0 Å². The number of hydrogen-bond acceptors (Lipinski definition) is 5. The summed E-state index contributed by atoms with van der Waals surface area (Å²) in [5, 5.41) is 13.3. The number of amides is 1. The number of aliphatic hydroxyl groups is 1. The number of nitrogens with zero attached hydrogens (tertiary/aromatic N) is 3. The number of ketones is 1. The molecule has 7 nitrogen and oxygen atoms in total. The highest BCUT2D eigenvalue weighted by Gasteiger charge is 2.45. The van der Waals surface area contributed by atoms with Gasteiger partial charge in [0.05, 0.1) is 25.1 Å². The number of Topliss-reactive ketones (excluding diaryl/α,β-unsaturated/α-hetero) is 1. The average molecular weight is 510 g/mol. The third-order valence-electron chi connectivity index (χ3n) is 7.15. The fourth-order valence-corrected chi connectivity index (χ4v) is 5.02. The van der Waals surface area contributed by atoms with Crippen molar-refractivity contribution in [3.63, 3.8) is 0 Å². The Hall–Kier alpha value is -4.39. The molecule has 0 saturated carbocycles. The van der Waals surface area contributed by atoms with E-state index in [4.69, 9.17) is 4.74 Å². The van der Waals surface area contributed by atoms with Crippen LogP contribution in [0.25, 0.3) is 16.5 Å². The Bertz CT molecular complexity index is 1500. The van der Waals surface area contributed by atoms with Crippen molar-refractivity contribution in [1.82, 2.24) is 14.5 Å². The highest BCUT2D eigenvalue weighted by molar-refractivity contribution is 6.46. The molecule has 1 amide bonds. The number of aromatic nitrogens is 2. The second-order valence-electron chi connectivity index (χ2n) is 9.90. The summed E-state index contributed by atoms with van der Waals surface area (Å²) in [6, 6.07) is 18.4. The third-order valence-corrected chi connectivity index (χ3v) is 7.15. The predicted octanol–water partition coefficient (Wildman–Crippen LogP) is 5.68. The van der Waals surface area contributed by atoms with Gasteiger partial charge in [0.15, 0.2) is 0 Å². The number of benzene rings is 3. The first kappa shape index (κ1) is 25.3. The van der Waals surface area contributed by atoms with Crippen LogP contribution in [0.4, 0.5) is 0 Å². The lowest BCUT2D eigenvalue weighted by Gasteiger charge is -2.26. The molecule has 1 saturated heterocycles.